The number of rotatable bonds is 46. The Kier molecular flexibility index (Phi) is 36.3. The number of benzene rings is 2. The van der Waals surface area contributed by atoms with Gasteiger partial charge in [0.15, 0.2) is 53.1 Å². The molecule has 4 aliphatic heterocycles. The minimum absolute atomic E-state index is 0.00891. The van der Waals surface area contributed by atoms with Crippen molar-refractivity contribution in [1.82, 2.24) is 54.5 Å². The van der Waals surface area contributed by atoms with Crippen molar-refractivity contribution in [1.29, 1.82) is 0 Å². The molecule has 3 fully saturated rings. The summed E-state index contributed by atoms with van der Waals surface area (Å²) in [4.78, 5) is 153. The maximum Gasteiger partial charge on any atom is 0.410 e. The quantitative estimate of drug-likeness (QED) is 0.0108. The Morgan fingerprint density at radius 1 is 0.752 bits per heavy atom. The van der Waals surface area contributed by atoms with E-state index in [1.165, 1.54) is 34.7 Å². The van der Waals surface area contributed by atoms with Crippen molar-refractivity contribution in [2.45, 2.75) is 121 Å². The normalized spacial score (nSPS) is 22.6. The first-order chi connectivity index (χ1) is 58.1. The van der Waals surface area contributed by atoms with Crippen LogP contribution < -0.4 is 26.8 Å². The largest absolute Gasteiger partial charge is 0.445 e. The third-order valence-corrected chi connectivity index (χ3v) is 23.5. The molecule has 8 heterocycles. The molecule has 4 aromatic heterocycles. The number of aromatic amines is 1. The first kappa shape index (κ1) is 94.8. The molecule has 39 nitrogen and oxygen atoms in total. The van der Waals surface area contributed by atoms with Crippen LogP contribution >= 0.6 is 25.5 Å². The molecule has 10 rings (SSSR count). The van der Waals surface area contributed by atoms with Crippen LogP contribution in [-0.4, -0.2) is 283 Å². The molecule has 121 heavy (non-hydrogen) atoms. The summed E-state index contributed by atoms with van der Waals surface area (Å²) in [6.45, 7) is 0.345. The molecule has 4 aliphatic rings. The average Bonchev–Trinajstić information content (AvgIpc) is 1.60. The summed E-state index contributed by atoms with van der Waals surface area (Å²) in [5.41, 5.74) is 0.348. The zero-order valence-electron chi connectivity index (χ0n) is 67.2. The number of imide groups is 1. The van der Waals surface area contributed by atoms with Crippen molar-refractivity contribution >= 4 is 118 Å². The highest BCUT2D eigenvalue weighted by atomic mass is 32.7. The molecule has 0 saturated carbocycles. The number of carbonyl (C=O) groups is 8. The van der Waals surface area contributed by atoms with Crippen LogP contribution in [0.25, 0.3) is 22.2 Å². The summed E-state index contributed by atoms with van der Waals surface area (Å²) in [5.74, 6) is -7.27. The smallest absolute Gasteiger partial charge is 0.410 e. The van der Waals surface area contributed by atoms with Gasteiger partial charge in [-0.25, -0.2) is 38.1 Å². The third-order valence-electron chi connectivity index (χ3n) is 19.7. The van der Waals surface area contributed by atoms with E-state index in [0.717, 1.165) is 34.6 Å². The molecule has 3 saturated heterocycles. The fourth-order valence-corrected chi connectivity index (χ4v) is 16.9. The minimum Gasteiger partial charge on any atom is -0.445 e. The number of ether oxygens (including phenoxy) is 11. The first-order valence-corrected chi connectivity index (χ1v) is 44.7. The second-order valence-corrected chi connectivity index (χ2v) is 35.3. The third kappa shape index (κ3) is 27.3. The van der Waals surface area contributed by atoms with Crippen molar-refractivity contribution in [3.05, 3.63) is 119 Å². The van der Waals surface area contributed by atoms with Crippen LogP contribution in [0.15, 0.2) is 90.7 Å². The van der Waals surface area contributed by atoms with Crippen molar-refractivity contribution in [3.63, 3.8) is 0 Å². The lowest BCUT2D eigenvalue weighted by Crippen LogP contribution is -2.53. The Morgan fingerprint density at radius 2 is 1.37 bits per heavy atom. The van der Waals surface area contributed by atoms with Crippen LogP contribution in [0.5, 0.6) is 0 Å². The molecule has 2 bridgehead atoms. The van der Waals surface area contributed by atoms with Gasteiger partial charge < -0.3 is 102 Å². The van der Waals surface area contributed by atoms with Gasteiger partial charge in [0, 0.05) is 87.7 Å². The fraction of sp³-hybridized carbons (Fsp3) is 0.566. The average molecular weight is 1780 g/mol. The topological polar surface area (TPSA) is 472 Å². The molecule has 662 valence electrons. The van der Waals surface area contributed by atoms with E-state index in [0.29, 0.717) is 109 Å². The lowest BCUT2D eigenvalue weighted by atomic mass is 9.92. The highest BCUT2D eigenvalue weighted by Crippen LogP contribution is 2.59. The maximum absolute atomic E-state index is 17.0. The lowest BCUT2D eigenvalue weighted by molar-refractivity contribution is -0.137. The summed E-state index contributed by atoms with van der Waals surface area (Å²) in [5, 5.41) is 22.2. The van der Waals surface area contributed by atoms with E-state index in [-0.39, 0.29) is 87.0 Å². The van der Waals surface area contributed by atoms with Crippen molar-refractivity contribution in [3.8, 4) is 0 Å². The number of anilines is 2. The number of amides is 7. The number of hydrogen-bond donors (Lipinski definition) is 8. The molecule has 7 amide bonds. The van der Waals surface area contributed by atoms with Gasteiger partial charge in [0.2, 0.25) is 17.7 Å². The van der Waals surface area contributed by atoms with Gasteiger partial charge in [-0.15, -0.1) is 0 Å². The van der Waals surface area contributed by atoms with Crippen LogP contribution in [0, 0.1) is 23.6 Å². The van der Waals surface area contributed by atoms with Crippen molar-refractivity contribution in [2.24, 2.45) is 17.8 Å². The number of methoxy groups -OCH3 is 1. The molecular formula is C76H101F2N13O26P2S2. The van der Waals surface area contributed by atoms with Crippen molar-refractivity contribution in [2.75, 3.05) is 150 Å². The molecule has 13 atom stereocenters. The Morgan fingerprint density at radius 3 is 2.02 bits per heavy atom. The second-order valence-electron chi connectivity index (χ2n) is 28.9. The number of nitrogens with one attached hydrogen (secondary N) is 5. The van der Waals surface area contributed by atoms with E-state index >= 15 is 8.78 Å². The number of carbonyl (C=O) groups excluding carboxylic acids is 8. The van der Waals surface area contributed by atoms with Crippen LogP contribution in [0.2, 0.25) is 0 Å². The van der Waals surface area contributed by atoms with Crippen LogP contribution in [0.4, 0.5) is 25.1 Å². The number of H-pyrrole nitrogens is 1. The van der Waals surface area contributed by atoms with Gasteiger partial charge in [-0.2, -0.15) is 0 Å². The highest BCUT2D eigenvalue weighted by molar-refractivity contribution is 8.44. The Bertz CT molecular complexity index is 4690. The van der Waals surface area contributed by atoms with Gasteiger partial charge in [-0.1, -0.05) is 63.4 Å². The fourth-order valence-electron chi connectivity index (χ4n) is 13.3. The summed E-state index contributed by atoms with van der Waals surface area (Å²) < 4.78 is 127. The Hall–Kier alpha value is -8.40. The summed E-state index contributed by atoms with van der Waals surface area (Å²) >= 11 is 9.65. The van der Waals surface area contributed by atoms with Gasteiger partial charge >= 0.3 is 12.9 Å². The number of alkyl halides is 1. The lowest BCUT2D eigenvalue weighted by Gasteiger charge is -2.27. The monoisotopic (exact) mass is 1780 g/mol. The van der Waals surface area contributed by atoms with Crippen LogP contribution in [0.3, 0.4) is 0 Å². The van der Waals surface area contributed by atoms with E-state index in [4.69, 9.17) is 77.5 Å². The maximum atomic E-state index is 17.0. The van der Waals surface area contributed by atoms with E-state index in [2.05, 4.69) is 58.4 Å². The second kappa shape index (κ2) is 46.4. The summed E-state index contributed by atoms with van der Waals surface area (Å²) in [6, 6.07) is 10.6. The summed E-state index contributed by atoms with van der Waals surface area (Å²) in [6.07, 6.45) is -5.68. The highest BCUT2D eigenvalue weighted by Gasteiger charge is 2.53. The molecule has 0 radical (unpaired) electrons. The molecule has 6 aromatic rings. The van der Waals surface area contributed by atoms with E-state index in [1.54, 1.807) is 70.3 Å². The number of aromatic nitrogens is 7. The van der Waals surface area contributed by atoms with Gasteiger partial charge in [-0.3, -0.25) is 56.9 Å². The van der Waals surface area contributed by atoms with Crippen LogP contribution in [0.1, 0.15) is 86.8 Å². The zero-order chi connectivity index (χ0) is 86.8. The minimum atomic E-state index is -4.61. The van der Waals surface area contributed by atoms with E-state index < -0.39 is 170 Å². The van der Waals surface area contributed by atoms with E-state index in [1.807, 2.05) is 0 Å². The standard InChI is InChI=1S/C76H101F2N13O26P2S2/c1-46(2)63(86-72(99)54(12-8-9-20-89-59(94)17-18-60(89)95)85-58(93)19-21-105-24-25-107-28-29-109-32-33-111-35-34-110-31-30-108-27-26-106-23-22-104-5)55(92)36-47(3)70(97)84-50-15-13-48(14-16-50)39-112-76(101)88(4)37-49-10-6-7-11-51(49)71(98)87-67-64-69(81-43-79-67)91(45-83-64)75-62(78)66-57(116-75)41-113-118(102,120)42-52-65(96)56(40-114-119(103,121)117-66)115-74(52)90-38-53(77)61-68(90)80-44-82-73(61)100/h6-7,10-11,13-18,38,43-47,52,54,56-57,62-63,65-66,74-75,96H,8-9,12,19-37,39-42H2,1-5H3,(H,84,97)(H,85,93)(H,86,99)(H,102,120)(H,103,121)(H,80,82,100)(H,79,81,87,98)/t47-,52-,54-,56-,57-,62-,63+,65+,66-,74-,75-,118?,119?/m1/s1. The molecule has 2 unspecified atom stereocenters. The molecular weight excluding hydrogens is 1670 g/mol. The zero-order valence-corrected chi connectivity index (χ0v) is 70.7. The number of aliphatic hydroxyl groups is 1. The number of fused-ring (bicyclic) bond motifs is 5. The number of aliphatic hydroxyl groups excluding tert-OH is 1. The molecule has 0 aliphatic carbocycles. The molecule has 45 heteroatoms. The number of nitrogens with zero attached hydrogens (tertiary/aromatic N) is 8. The number of unbranched alkanes of at least 4 members (excludes halogenated alkanes) is 1. The number of ketones is 1. The number of hydrogen-bond acceptors (Lipinski definition) is 30. The number of Topliss-reactive ketones (excluding diaryl/α,β-unsaturated/α-hetero) is 1. The number of imidazole rings is 1. The number of halogens is 2. The Labute approximate surface area is 704 Å². The number of thiol groups is 1. The van der Waals surface area contributed by atoms with Crippen LogP contribution in [-0.2, 0) is 124 Å². The SMILES string of the molecule is COCCOCCOCCOCCOCCOCCOCCOCCC(=O)N[C@H](CCCCN1C(=O)C=CC1=O)C(=O)N[C@H](C(=O)C[C@@H](C)C(=O)Nc1ccc(COC(=O)N(C)Cc2ccccc2C(=O)Nc2ncnc3c2ncn3[C@@H]2O[C@@H]3COP(O)(=S)C[C@@H]4[C@H](O)[C@@H](COP(=O)(S)O[C@H]3[C@H]2F)O[C@H]4n2cc(F)c3c(=O)[nH]cnc32)cc1)C(C)C. The predicted octanol–water partition coefficient (Wildman–Crippen LogP) is 5.01. The van der Waals surface area contributed by atoms with E-state index in [9.17, 15) is 57.7 Å². The predicted molar refractivity (Wildman–Crippen MR) is 433 cm³/mol. The molecule has 2 aromatic carbocycles. The molecule has 0 spiro atoms. The first-order valence-electron chi connectivity index (χ1n) is 39.1. The molecule has 7 N–H and O–H groups in total. The van der Waals surface area contributed by atoms with Gasteiger partial charge in [0.05, 0.1) is 137 Å². The summed E-state index contributed by atoms with van der Waals surface area (Å²) in [7, 11) is 3.07. The van der Waals surface area contributed by atoms with Crippen molar-refractivity contribution < 1.29 is 127 Å². The van der Waals surface area contributed by atoms with Gasteiger partial charge in [0.1, 0.15) is 48.9 Å². The van der Waals surface area contributed by atoms with Gasteiger partial charge in [0.25, 0.3) is 23.3 Å². The Balaban J connectivity index is 0.649. The van der Waals surface area contributed by atoms with Gasteiger partial charge in [-0.05, 0) is 66.3 Å².